The highest BCUT2D eigenvalue weighted by atomic mass is 16.3. The first-order chi connectivity index (χ1) is 25.3. The molecule has 3 heterocycles. The summed E-state index contributed by atoms with van der Waals surface area (Å²) >= 11 is 0. The molecule has 51 heavy (non-hydrogen) atoms. The van der Waals surface area contributed by atoms with Gasteiger partial charge in [-0.15, -0.1) is 0 Å². The van der Waals surface area contributed by atoms with Gasteiger partial charge in [0.25, 0.3) is 0 Å². The van der Waals surface area contributed by atoms with Crippen LogP contribution in [0, 0.1) is 0 Å². The molecule has 0 atom stereocenters. The van der Waals surface area contributed by atoms with Gasteiger partial charge < -0.3 is 13.7 Å². The number of anilines is 3. The second-order valence-electron chi connectivity index (χ2n) is 13.3. The van der Waals surface area contributed by atoms with Crippen LogP contribution in [0.3, 0.4) is 0 Å². The summed E-state index contributed by atoms with van der Waals surface area (Å²) in [5.74, 6) is 0. The molecule has 0 N–H and O–H groups in total. The number of hydrogen-bond donors (Lipinski definition) is 0. The van der Waals surface area contributed by atoms with Gasteiger partial charge in [-0.3, -0.25) is 0 Å². The third kappa shape index (κ3) is 4.12. The molecule has 0 amide bonds. The molecule has 8 aromatic carbocycles. The minimum atomic E-state index is 0.865. The summed E-state index contributed by atoms with van der Waals surface area (Å²) in [4.78, 5) is 2.43. The molecule has 0 bridgehead atoms. The highest BCUT2D eigenvalue weighted by molar-refractivity contribution is 6.26. The molecule has 0 radical (unpaired) electrons. The van der Waals surface area contributed by atoms with E-state index in [2.05, 4.69) is 185 Å². The Morgan fingerprint density at radius 1 is 0.392 bits per heavy atom. The lowest BCUT2D eigenvalue weighted by atomic mass is 9.97. The largest absolute Gasteiger partial charge is 0.454 e. The molecule has 0 aliphatic heterocycles. The zero-order valence-corrected chi connectivity index (χ0v) is 27.6. The quantitative estimate of drug-likeness (QED) is 0.185. The van der Waals surface area contributed by atoms with Crippen LogP contribution in [0.5, 0.6) is 0 Å². The van der Waals surface area contributed by atoms with Crippen LogP contribution in [-0.2, 0) is 0 Å². The fourth-order valence-corrected chi connectivity index (χ4v) is 8.30. The van der Waals surface area contributed by atoms with Gasteiger partial charge in [0.1, 0.15) is 5.58 Å². The molecule has 0 unspecified atom stereocenters. The van der Waals surface area contributed by atoms with Crippen LogP contribution < -0.4 is 4.90 Å². The van der Waals surface area contributed by atoms with E-state index in [0.29, 0.717) is 0 Å². The number of hydrogen-bond acceptors (Lipinski definition) is 2. The highest BCUT2D eigenvalue weighted by Crippen LogP contribution is 2.49. The van der Waals surface area contributed by atoms with E-state index in [0.717, 1.165) is 50.1 Å². The Morgan fingerprint density at radius 2 is 0.961 bits per heavy atom. The lowest BCUT2D eigenvalue weighted by molar-refractivity contribution is 0.669. The number of nitrogens with zero attached hydrogens (tertiary/aromatic N) is 2. The van der Waals surface area contributed by atoms with Gasteiger partial charge in [-0.05, 0) is 70.8 Å². The molecular formula is C48H30N2O. The fourth-order valence-electron chi connectivity index (χ4n) is 8.30. The minimum Gasteiger partial charge on any atom is -0.454 e. The Morgan fingerprint density at radius 3 is 1.75 bits per heavy atom. The zero-order chi connectivity index (χ0) is 33.5. The van der Waals surface area contributed by atoms with Crippen molar-refractivity contribution in [2.75, 3.05) is 4.90 Å². The summed E-state index contributed by atoms with van der Waals surface area (Å²) in [5.41, 5.74) is 13.2. The summed E-state index contributed by atoms with van der Waals surface area (Å²) in [5, 5.41) is 7.21. The third-order valence-corrected chi connectivity index (χ3v) is 10.5. The van der Waals surface area contributed by atoms with Crippen molar-refractivity contribution in [2.45, 2.75) is 0 Å². The second-order valence-corrected chi connectivity index (χ2v) is 13.3. The van der Waals surface area contributed by atoms with Crippen LogP contribution in [0.25, 0.3) is 82.3 Å². The van der Waals surface area contributed by atoms with Crippen molar-refractivity contribution in [1.29, 1.82) is 0 Å². The van der Waals surface area contributed by atoms with E-state index in [1.807, 2.05) is 6.07 Å². The monoisotopic (exact) mass is 650 g/mol. The smallest absolute Gasteiger partial charge is 0.159 e. The number of benzene rings is 8. The Kier molecular flexibility index (Phi) is 5.96. The van der Waals surface area contributed by atoms with E-state index in [4.69, 9.17) is 4.42 Å². The average Bonchev–Trinajstić information content (AvgIpc) is 3.87. The number of aromatic nitrogens is 1. The minimum absolute atomic E-state index is 0.865. The molecule has 0 saturated heterocycles. The molecule has 0 saturated carbocycles. The van der Waals surface area contributed by atoms with Crippen molar-refractivity contribution < 1.29 is 4.42 Å². The Balaban J connectivity index is 1.29. The topological polar surface area (TPSA) is 20.8 Å². The maximum Gasteiger partial charge on any atom is 0.159 e. The Labute approximate surface area is 294 Å². The van der Waals surface area contributed by atoms with Gasteiger partial charge >= 0.3 is 0 Å². The van der Waals surface area contributed by atoms with Crippen molar-refractivity contribution in [3.8, 4) is 22.3 Å². The van der Waals surface area contributed by atoms with Crippen LogP contribution in [0.4, 0.5) is 17.1 Å². The summed E-state index contributed by atoms with van der Waals surface area (Å²) < 4.78 is 9.22. The molecule has 11 aromatic rings. The van der Waals surface area contributed by atoms with Crippen molar-refractivity contribution in [1.82, 2.24) is 4.40 Å². The molecule has 3 heteroatoms. The van der Waals surface area contributed by atoms with Gasteiger partial charge in [-0.25, -0.2) is 0 Å². The number of para-hydroxylation sites is 4. The standard InChI is InChI=1S/C48H30N2O/c1-3-14-31(15-4-1)33-28-34(32-16-5-2-6-17-32)30-35(29-33)49(44-26-12-21-39-37-19-8-10-27-45(37)51-48(39)44)42-24-13-25-43-46(42)40-22-11-20-38-36-18-7-9-23-41(36)50(43)47(38)40/h1-30H. The van der Waals surface area contributed by atoms with E-state index in [9.17, 15) is 0 Å². The van der Waals surface area contributed by atoms with E-state index >= 15 is 0 Å². The third-order valence-electron chi connectivity index (χ3n) is 10.5. The van der Waals surface area contributed by atoms with Gasteiger partial charge in [0, 0.05) is 38.0 Å². The Bertz CT molecular complexity index is 3020. The van der Waals surface area contributed by atoms with Crippen molar-refractivity contribution in [2.24, 2.45) is 0 Å². The van der Waals surface area contributed by atoms with E-state index in [-0.39, 0.29) is 0 Å². The fraction of sp³-hybridized carbons (Fsp3) is 0. The van der Waals surface area contributed by atoms with Gasteiger partial charge in [0.2, 0.25) is 0 Å². The van der Waals surface area contributed by atoms with E-state index in [1.54, 1.807) is 0 Å². The van der Waals surface area contributed by atoms with Crippen LogP contribution in [-0.4, -0.2) is 4.40 Å². The number of furan rings is 1. The molecule has 0 aliphatic rings. The van der Waals surface area contributed by atoms with Gasteiger partial charge in [-0.2, -0.15) is 0 Å². The number of fused-ring (bicyclic) bond motifs is 9. The lowest BCUT2D eigenvalue weighted by Crippen LogP contribution is -2.11. The zero-order valence-electron chi connectivity index (χ0n) is 27.6. The molecule has 0 aliphatic carbocycles. The maximum atomic E-state index is 6.77. The molecule has 0 fully saturated rings. The number of rotatable bonds is 5. The average molecular weight is 651 g/mol. The normalized spacial score (nSPS) is 11.9. The molecule has 238 valence electrons. The predicted octanol–water partition coefficient (Wildman–Crippen LogP) is 13.5. The SMILES string of the molecule is c1ccc(-c2cc(-c3ccccc3)cc(N(c3cccc4c3oc3ccccc34)c3cccc4c3c3cccc5c6ccccc6n4c53)c2)cc1. The van der Waals surface area contributed by atoms with Gasteiger partial charge in [-0.1, -0.05) is 133 Å². The Hall–Kier alpha value is -6.84. The van der Waals surface area contributed by atoms with Crippen molar-refractivity contribution >= 4 is 77.1 Å². The van der Waals surface area contributed by atoms with Crippen LogP contribution in [0.2, 0.25) is 0 Å². The van der Waals surface area contributed by atoms with E-state index in [1.165, 1.54) is 49.2 Å². The van der Waals surface area contributed by atoms with Crippen molar-refractivity contribution in [3.63, 3.8) is 0 Å². The van der Waals surface area contributed by atoms with Crippen LogP contribution in [0.15, 0.2) is 186 Å². The summed E-state index contributed by atoms with van der Waals surface area (Å²) in [7, 11) is 0. The lowest BCUT2D eigenvalue weighted by Gasteiger charge is -2.28. The summed E-state index contributed by atoms with van der Waals surface area (Å²) in [6.07, 6.45) is 0. The molecule has 3 aromatic heterocycles. The first-order valence-corrected chi connectivity index (χ1v) is 17.4. The maximum absolute atomic E-state index is 6.77. The second kappa shape index (κ2) is 10.8. The molecule has 0 spiro atoms. The summed E-state index contributed by atoms with van der Waals surface area (Å²) in [6.45, 7) is 0. The van der Waals surface area contributed by atoms with E-state index < -0.39 is 0 Å². The summed E-state index contributed by atoms with van der Waals surface area (Å²) in [6, 6.07) is 65.4. The molecular weight excluding hydrogens is 621 g/mol. The highest BCUT2D eigenvalue weighted by Gasteiger charge is 2.25. The first-order valence-electron chi connectivity index (χ1n) is 17.4. The predicted molar refractivity (Wildman–Crippen MR) is 214 cm³/mol. The first kappa shape index (κ1) is 28.0. The molecule has 11 rings (SSSR count). The van der Waals surface area contributed by atoms with Crippen molar-refractivity contribution in [3.05, 3.63) is 182 Å². The van der Waals surface area contributed by atoms with Gasteiger partial charge in [0.15, 0.2) is 5.58 Å². The van der Waals surface area contributed by atoms with Crippen LogP contribution >= 0.6 is 0 Å². The molecule has 3 nitrogen and oxygen atoms in total. The van der Waals surface area contributed by atoms with Gasteiger partial charge in [0.05, 0.1) is 27.9 Å². The van der Waals surface area contributed by atoms with Crippen LogP contribution in [0.1, 0.15) is 0 Å².